The number of nitrogens with zero attached hydrogens (tertiary/aromatic N) is 1. The van der Waals surface area contributed by atoms with Gasteiger partial charge in [-0.25, -0.2) is 0 Å². The van der Waals surface area contributed by atoms with Crippen LogP contribution < -0.4 is 4.90 Å². The van der Waals surface area contributed by atoms with E-state index in [0.29, 0.717) is 5.92 Å². The number of hydrogen-bond acceptors (Lipinski definition) is 2. The lowest BCUT2D eigenvalue weighted by Gasteiger charge is -2.26. The van der Waals surface area contributed by atoms with E-state index in [1.165, 1.54) is 54.5 Å². The van der Waals surface area contributed by atoms with Gasteiger partial charge in [-0.3, -0.25) is 0 Å². The molecule has 2 nitrogen and oxygen atoms in total. The number of nitrogens with one attached hydrogen (secondary N) is 1. The van der Waals surface area contributed by atoms with Crippen molar-refractivity contribution in [2.75, 3.05) is 19.0 Å². The summed E-state index contributed by atoms with van der Waals surface area (Å²) in [6, 6.07) is 15.3. The van der Waals surface area contributed by atoms with E-state index in [4.69, 9.17) is 5.41 Å². The van der Waals surface area contributed by atoms with Gasteiger partial charge in [0.05, 0.1) is 0 Å². The van der Waals surface area contributed by atoms with Crippen LogP contribution in [-0.2, 0) is 0 Å². The zero-order valence-corrected chi connectivity index (χ0v) is 15.8. The molecule has 0 aromatic heterocycles. The van der Waals surface area contributed by atoms with Crippen molar-refractivity contribution >= 4 is 17.5 Å². The highest BCUT2D eigenvalue weighted by Gasteiger charge is 2.26. The maximum Gasteiger partial charge on any atom is 0.0420 e. The molecule has 2 aromatic rings. The van der Waals surface area contributed by atoms with Gasteiger partial charge >= 0.3 is 0 Å². The zero-order chi connectivity index (χ0) is 18.1. The van der Waals surface area contributed by atoms with E-state index in [9.17, 15) is 0 Å². The normalized spacial score (nSPS) is 19.4. The molecule has 2 heteroatoms. The Labute approximate surface area is 157 Å². The number of anilines is 1. The Kier molecular flexibility index (Phi) is 4.67. The third-order valence-electron chi connectivity index (χ3n) is 5.99. The molecular formula is C24H28N2. The molecule has 2 aliphatic rings. The summed E-state index contributed by atoms with van der Waals surface area (Å²) < 4.78 is 0. The van der Waals surface area contributed by atoms with Gasteiger partial charge < -0.3 is 10.3 Å². The minimum Gasteiger partial charge on any atom is -0.378 e. The highest BCUT2D eigenvalue weighted by atomic mass is 15.1. The summed E-state index contributed by atoms with van der Waals surface area (Å²) in [5.74, 6) is 0.682. The molecule has 134 valence electrons. The van der Waals surface area contributed by atoms with Crippen LogP contribution in [0.3, 0.4) is 0 Å². The lowest BCUT2D eigenvalue weighted by atomic mass is 9.79. The number of hydrogen-bond donors (Lipinski definition) is 1. The molecule has 0 spiro atoms. The third-order valence-corrected chi connectivity index (χ3v) is 5.99. The van der Waals surface area contributed by atoms with Crippen molar-refractivity contribution in [2.45, 2.75) is 38.0 Å². The van der Waals surface area contributed by atoms with Crippen LogP contribution in [0.15, 0.2) is 48.5 Å². The minimum absolute atomic E-state index is 0.265. The second kappa shape index (κ2) is 7.11. The summed E-state index contributed by atoms with van der Waals surface area (Å²) in [6.07, 6.45) is 10.7. The highest BCUT2D eigenvalue weighted by Crippen LogP contribution is 2.39. The van der Waals surface area contributed by atoms with Crippen LogP contribution in [-0.4, -0.2) is 19.8 Å². The SMILES string of the molecule is CN(C)c1ccc(C2C=Cc3ccccc32)c(C(=N)C2CCCCC2)c1. The smallest absolute Gasteiger partial charge is 0.0420 e. The van der Waals surface area contributed by atoms with Gasteiger partial charge in [0, 0.05) is 42.9 Å². The summed E-state index contributed by atoms with van der Waals surface area (Å²) in [7, 11) is 4.15. The van der Waals surface area contributed by atoms with Gasteiger partial charge in [-0.15, -0.1) is 0 Å². The van der Waals surface area contributed by atoms with E-state index < -0.39 is 0 Å². The Balaban J connectivity index is 1.77. The molecule has 0 saturated heterocycles. The topological polar surface area (TPSA) is 27.1 Å². The maximum absolute atomic E-state index is 9.01. The van der Waals surface area contributed by atoms with Gasteiger partial charge in [-0.2, -0.15) is 0 Å². The van der Waals surface area contributed by atoms with Crippen LogP contribution >= 0.6 is 0 Å². The summed E-state index contributed by atoms with van der Waals surface area (Å²) in [4.78, 5) is 2.14. The Hall–Kier alpha value is -2.35. The molecule has 2 aliphatic carbocycles. The first-order valence-corrected chi connectivity index (χ1v) is 9.82. The summed E-state index contributed by atoms with van der Waals surface area (Å²) in [5, 5.41) is 9.01. The Morgan fingerprint density at radius 3 is 2.50 bits per heavy atom. The molecule has 0 bridgehead atoms. The van der Waals surface area contributed by atoms with Crippen molar-refractivity contribution in [2.24, 2.45) is 5.92 Å². The first kappa shape index (κ1) is 17.1. The van der Waals surface area contributed by atoms with Crippen LogP contribution in [0.5, 0.6) is 0 Å². The Morgan fingerprint density at radius 1 is 0.962 bits per heavy atom. The van der Waals surface area contributed by atoms with E-state index >= 15 is 0 Å². The van der Waals surface area contributed by atoms with Crippen LogP contribution in [0.25, 0.3) is 6.08 Å². The summed E-state index contributed by atoms with van der Waals surface area (Å²) >= 11 is 0. The fraction of sp³-hybridized carbons (Fsp3) is 0.375. The van der Waals surface area contributed by atoms with Gasteiger partial charge in [0.2, 0.25) is 0 Å². The highest BCUT2D eigenvalue weighted by molar-refractivity contribution is 6.02. The van der Waals surface area contributed by atoms with E-state index in [2.05, 4.69) is 73.6 Å². The predicted molar refractivity (Wildman–Crippen MR) is 111 cm³/mol. The molecule has 1 unspecified atom stereocenters. The molecule has 0 amide bonds. The fourth-order valence-electron chi connectivity index (χ4n) is 4.46. The van der Waals surface area contributed by atoms with Crippen LogP contribution in [0.1, 0.15) is 60.3 Å². The first-order valence-electron chi connectivity index (χ1n) is 9.82. The van der Waals surface area contributed by atoms with Crippen LogP contribution in [0.2, 0.25) is 0 Å². The van der Waals surface area contributed by atoms with Gasteiger partial charge in [-0.1, -0.05) is 61.7 Å². The largest absolute Gasteiger partial charge is 0.378 e. The molecular weight excluding hydrogens is 316 g/mol. The van der Waals surface area contributed by atoms with E-state index in [1.54, 1.807) is 0 Å². The van der Waals surface area contributed by atoms with Crippen molar-refractivity contribution < 1.29 is 0 Å². The number of benzene rings is 2. The Bertz CT molecular complexity index is 841. The van der Waals surface area contributed by atoms with Gasteiger partial charge in [0.1, 0.15) is 0 Å². The average molecular weight is 345 g/mol. The van der Waals surface area contributed by atoms with Crippen molar-refractivity contribution in [1.29, 1.82) is 5.41 Å². The molecule has 1 saturated carbocycles. The molecule has 0 aliphatic heterocycles. The standard InChI is InChI=1S/C24H28N2/c1-26(2)19-13-15-22(21-14-12-17-8-6-7-11-20(17)21)23(16-19)24(25)18-9-4-3-5-10-18/h6-8,11-16,18,21,25H,3-5,9-10H2,1-2H3. The lowest BCUT2D eigenvalue weighted by molar-refractivity contribution is 0.438. The molecule has 0 heterocycles. The van der Waals surface area contributed by atoms with Gasteiger partial charge in [0.25, 0.3) is 0 Å². The van der Waals surface area contributed by atoms with Crippen molar-refractivity contribution in [1.82, 2.24) is 0 Å². The molecule has 1 atom stereocenters. The number of fused-ring (bicyclic) bond motifs is 1. The van der Waals surface area contributed by atoms with Crippen LogP contribution in [0, 0.1) is 11.3 Å². The molecule has 4 rings (SSSR count). The maximum atomic E-state index is 9.01. The molecule has 26 heavy (non-hydrogen) atoms. The van der Waals surface area contributed by atoms with Crippen molar-refractivity contribution in [3.63, 3.8) is 0 Å². The molecule has 1 N–H and O–H groups in total. The first-order chi connectivity index (χ1) is 12.6. The second-order valence-electron chi connectivity index (χ2n) is 7.88. The van der Waals surface area contributed by atoms with Crippen LogP contribution in [0.4, 0.5) is 5.69 Å². The average Bonchev–Trinajstić information content (AvgIpc) is 3.11. The predicted octanol–water partition coefficient (Wildman–Crippen LogP) is 5.86. The monoisotopic (exact) mass is 344 g/mol. The Morgan fingerprint density at radius 2 is 1.73 bits per heavy atom. The summed E-state index contributed by atoms with van der Waals surface area (Å²) in [6.45, 7) is 0. The molecule has 1 fully saturated rings. The number of rotatable bonds is 4. The number of allylic oxidation sites excluding steroid dienone is 1. The van der Waals surface area contributed by atoms with Crippen molar-refractivity contribution in [3.05, 3.63) is 70.8 Å². The fourth-order valence-corrected chi connectivity index (χ4v) is 4.46. The second-order valence-corrected chi connectivity index (χ2v) is 7.88. The van der Waals surface area contributed by atoms with E-state index in [0.717, 1.165) is 11.3 Å². The van der Waals surface area contributed by atoms with Gasteiger partial charge in [0.15, 0.2) is 0 Å². The summed E-state index contributed by atoms with van der Waals surface area (Å²) in [5.41, 5.74) is 7.13. The molecule has 2 aromatic carbocycles. The van der Waals surface area contributed by atoms with E-state index in [-0.39, 0.29) is 5.92 Å². The van der Waals surface area contributed by atoms with E-state index in [1.807, 2.05) is 0 Å². The minimum atomic E-state index is 0.265. The van der Waals surface area contributed by atoms with Crippen molar-refractivity contribution in [3.8, 4) is 0 Å². The zero-order valence-electron chi connectivity index (χ0n) is 15.8. The lowest BCUT2D eigenvalue weighted by Crippen LogP contribution is -2.21. The van der Waals surface area contributed by atoms with Gasteiger partial charge in [-0.05, 0) is 41.7 Å². The third kappa shape index (κ3) is 3.09. The quantitative estimate of drug-likeness (QED) is 0.691. The molecule has 0 radical (unpaired) electrons.